The number of nitrogens with two attached hydrogens (primary N) is 2. The minimum Gasteiger partial charge on any atom is -0.365 e. The summed E-state index contributed by atoms with van der Waals surface area (Å²) in [6.07, 6.45) is 0.370. The molecule has 0 aliphatic carbocycles. The van der Waals surface area contributed by atoms with Crippen LogP contribution >= 0.6 is 11.6 Å². The summed E-state index contributed by atoms with van der Waals surface area (Å²) in [5.74, 6) is 4.89. The number of aromatic nitrogens is 1. The van der Waals surface area contributed by atoms with Crippen LogP contribution in [0, 0.1) is 0 Å². The number of hydrogen-bond acceptors (Lipinski definition) is 3. The Morgan fingerprint density at radius 2 is 2.05 bits per heavy atom. The van der Waals surface area contributed by atoms with Crippen molar-refractivity contribution < 1.29 is 9.59 Å². The molecule has 7 heteroatoms. The predicted molar refractivity (Wildman–Crippen MR) is 72.5 cm³/mol. The Bertz CT molecular complexity index is 638. The number of amides is 2. The van der Waals surface area contributed by atoms with Gasteiger partial charge in [0.1, 0.15) is 5.82 Å². The molecule has 6 nitrogen and oxygen atoms in total. The number of aromatic amines is 1. The van der Waals surface area contributed by atoms with Gasteiger partial charge in [0.2, 0.25) is 6.41 Å². The van der Waals surface area contributed by atoms with Gasteiger partial charge in [0, 0.05) is 16.3 Å². The zero-order valence-electron chi connectivity index (χ0n) is 9.76. The van der Waals surface area contributed by atoms with Crippen LogP contribution in [0.4, 0.5) is 5.82 Å². The van der Waals surface area contributed by atoms with Crippen LogP contribution in [0.3, 0.4) is 0 Å². The van der Waals surface area contributed by atoms with Gasteiger partial charge in [-0.1, -0.05) is 29.8 Å². The summed E-state index contributed by atoms with van der Waals surface area (Å²) in [6, 6.07) is 8.56. The molecular formula is C12H11ClN4O2. The number of halogens is 1. The number of nitrogens with zero attached hydrogens (tertiary/aromatic N) is 1. The molecule has 0 bridgehead atoms. The van der Waals surface area contributed by atoms with Gasteiger partial charge in [-0.2, -0.15) is 0 Å². The molecule has 0 saturated heterocycles. The summed E-state index contributed by atoms with van der Waals surface area (Å²) in [5.41, 5.74) is 6.59. The molecule has 1 aromatic heterocycles. The van der Waals surface area contributed by atoms with Gasteiger partial charge in [0.15, 0.2) is 0 Å². The minimum atomic E-state index is -0.693. The van der Waals surface area contributed by atoms with Crippen molar-refractivity contribution in [2.45, 2.75) is 0 Å². The number of primary amides is 1. The van der Waals surface area contributed by atoms with Crippen molar-refractivity contribution in [3.63, 3.8) is 0 Å². The summed E-state index contributed by atoms with van der Waals surface area (Å²) in [6.45, 7) is 0. The largest absolute Gasteiger partial charge is 0.365 e. The highest BCUT2D eigenvalue weighted by molar-refractivity contribution is 6.33. The Kier molecular flexibility index (Phi) is 3.55. The van der Waals surface area contributed by atoms with Crippen LogP contribution in [0.15, 0.2) is 30.3 Å². The van der Waals surface area contributed by atoms with Gasteiger partial charge in [-0.3, -0.25) is 9.59 Å². The number of carbonyl (C=O) groups is 2. The fourth-order valence-corrected chi connectivity index (χ4v) is 1.95. The monoisotopic (exact) mass is 278 g/mol. The summed E-state index contributed by atoms with van der Waals surface area (Å²) >= 11 is 6.06. The second-order valence-electron chi connectivity index (χ2n) is 3.80. The van der Waals surface area contributed by atoms with Crippen molar-refractivity contribution in [3.8, 4) is 11.3 Å². The van der Waals surface area contributed by atoms with Crippen LogP contribution in [-0.2, 0) is 4.79 Å². The average Bonchev–Trinajstić information content (AvgIpc) is 2.83. The first-order chi connectivity index (χ1) is 9.04. The molecule has 5 N–H and O–H groups in total. The molecule has 0 unspecified atom stereocenters. The van der Waals surface area contributed by atoms with Crippen molar-refractivity contribution in [2.24, 2.45) is 11.6 Å². The molecule has 0 saturated carbocycles. The van der Waals surface area contributed by atoms with E-state index in [1.54, 1.807) is 24.3 Å². The summed E-state index contributed by atoms with van der Waals surface area (Å²) < 4.78 is 0. The van der Waals surface area contributed by atoms with E-state index in [-0.39, 0.29) is 11.4 Å². The average molecular weight is 279 g/mol. The maximum Gasteiger partial charge on any atom is 0.252 e. The second kappa shape index (κ2) is 5.13. The van der Waals surface area contributed by atoms with Gasteiger partial charge >= 0.3 is 0 Å². The van der Waals surface area contributed by atoms with Gasteiger partial charge in [0.25, 0.3) is 5.91 Å². The molecule has 0 radical (unpaired) electrons. The predicted octanol–water partition coefficient (Wildman–Crippen LogP) is 1.27. The Morgan fingerprint density at radius 1 is 1.37 bits per heavy atom. The van der Waals surface area contributed by atoms with E-state index < -0.39 is 5.91 Å². The number of hydrazine groups is 1. The Morgan fingerprint density at radius 3 is 2.63 bits per heavy atom. The first kappa shape index (κ1) is 13.1. The van der Waals surface area contributed by atoms with Crippen molar-refractivity contribution in [1.29, 1.82) is 0 Å². The molecule has 0 fully saturated rings. The topological polar surface area (TPSA) is 105 Å². The van der Waals surface area contributed by atoms with E-state index >= 15 is 0 Å². The lowest BCUT2D eigenvalue weighted by Gasteiger charge is -2.08. The van der Waals surface area contributed by atoms with Crippen LogP contribution < -0.4 is 16.6 Å². The van der Waals surface area contributed by atoms with Crippen LogP contribution in [-0.4, -0.2) is 17.3 Å². The molecular weight excluding hydrogens is 268 g/mol. The van der Waals surface area contributed by atoms with Crippen LogP contribution in [0.25, 0.3) is 11.3 Å². The lowest BCUT2D eigenvalue weighted by Crippen LogP contribution is -2.31. The number of H-pyrrole nitrogens is 1. The molecule has 2 aromatic rings. The highest BCUT2D eigenvalue weighted by atomic mass is 35.5. The fraction of sp³-hybridized carbons (Fsp3) is 0. The Hall–Kier alpha value is -2.31. The Labute approximate surface area is 113 Å². The van der Waals surface area contributed by atoms with Crippen LogP contribution in [0.2, 0.25) is 5.02 Å². The normalized spacial score (nSPS) is 10.2. The molecule has 19 heavy (non-hydrogen) atoms. The highest BCUT2D eigenvalue weighted by Gasteiger charge is 2.18. The van der Waals surface area contributed by atoms with E-state index in [1.807, 2.05) is 0 Å². The number of carbonyl (C=O) groups excluding carboxylic acids is 2. The van der Waals surface area contributed by atoms with Gasteiger partial charge in [0.05, 0.1) is 5.56 Å². The third kappa shape index (κ3) is 2.44. The van der Waals surface area contributed by atoms with Crippen LogP contribution in [0.1, 0.15) is 10.4 Å². The first-order valence-corrected chi connectivity index (χ1v) is 5.69. The van der Waals surface area contributed by atoms with Gasteiger partial charge in [-0.15, -0.1) is 0 Å². The zero-order chi connectivity index (χ0) is 14.0. The van der Waals surface area contributed by atoms with Gasteiger partial charge in [-0.05, 0) is 12.1 Å². The van der Waals surface area contributed by atoms with E-state index in [1.165, 1.54) is 6.07 Å². The first-order valence-electron chi connectivity index (χ1n) is 5.31. The molecule has 1 aromatic carbocycles. The minimum absolute atomic E-state index is 0.115. The van der Waals surface area contributed by atoms with E-state index in [4.69, 9.17) is 23.2 Å². The molecule has 0 aliphatic heterocycles. The quantitative estimate of drug-likeness (QED) is 0.339. The zero-order valence-corrected chi connectivity index (χ0v) is 10.5. The highest BCUT2D eigenvalue weighted by Crippen LogP contribution is 2.30. The number of rotatable bonds is 4. The van der Waals surface area contributed by atoms with Crippen molar-refractivity contribution in [1.82, 2.24) is 4.98 Å². The number of anilines is 1. The summed E-state index contributed by atoms with van der Waals surface area (Å²) in [7, 11) is 0. The van der Waals surface area contributed by atoms with Crippen molar-refractivity contribution in [2.75, 3.05) is 5.01 Å². The molecule has 2 amide bonds. The maximum absolute atomic E-state index is 11.3. The third-order valence-corrected chi connectivity index (χ3v) is 2.93. The lowest BCUT2D eigenvalue weighted by atomic mass is 10.1. The van der Waals surface area contributed by atoms with E-state index in [0.29, 0.717) is 22.7 Å². The van der Waals surface area contributed by atoms with E-state index in [0.717, 1.165) is 5.01 Å². The number of hydrogen-bond donors (Lipinski definition) is 3. The van der Waals surface area contributed by atoms with E-state index in [2.05, 4.69) is 4.98 Å². The van der Waals surface area contributed by atoms with E-state index in [9.17, 15) is 9.59 Å². The standard InChI is InChI=1S/C12H11ClN4O2/c13-9-4-2-1-3-7(9)10-5-8(11(14)19)12(16-10)17(15)6-18/h1-6,16H,15H2,(H2,14,19). The van der Waals surface area contributed by atoms with Crippen molar-refractivity contribution >= 4 is 29.7 Å². The smallest absolute Gasteiger partial charge is 0.252 e. The van der Waals surface area contributed by atoms with Gasteiger partial charge < -0.3 is 10.7 Å². The third-order valence-electron chi connectivity index (χ3n) is 2.60. The lowest BCUT2D eigenvalue weighted by molar-refractivity contribution is -0.107. The fourth-order valence-electron chi connectivity index (χ4n) is 1.71. The van der Waals surface area contributed by atoms with Crippen molar-refractivity contribution in [3.05, 3.63) is 40.9 Å². The van der Waals surface area contributed by atoms with Crippen LogP contribution in [0.5, 0.6) is 0 Å². The SMILES string of the molecule is NC(=O)c1cc(-c2ccccc2Cl)[nH]c1N(N)C=O. The molecule has 0 spiro atoms. The maximum atomic E-state index is 11.3. The summed E-state index contributed by atoms with van der Waals surface area (Å²) in [4.78, 5) is 24.9. The number of nitrogens with one attached hydrogen (secondary N) is 1. The molecule has 1 heterocycles. The molecule has 0 atom stereocenters. The second-order valence-corrected chi connectivity index (χ2v) is 4.21. The molecule has 0 aliphatic rings. The molecule has 98 valence electrons. The summed E-state index contributed by atoms with van der Waals surface area (Å²) in [5, 5.41) is 1.25. The van der Waals surface area contributed by atoms with Gasteiger partial charge in [-0.25, -0.2) is 10.9 Å². The Balaban J connectivity index is 2.58. The molecule has 2 rings (SSSR count). The number of benzene rings is 1.